The highest BCUT2D eigenvalue weighted by atomic mass is 16.2. The summed E-state index contributed by atoms with van der Waals surface area (Å²) in [7, 11) is 0. The fourth-order valence-corrected chi connectivity index (χ4v) is 2.66. The Labute approximate surface area is 145 Å². The van der Waals surface area contributed by atoms with Gasteiger partial charge in [0, 0.05) is 12.2 Å². The van der Waals surface area contributed by atoms with Crippen LogP contribution in [0.2, 0.25) is 0 Å². The SMILES string of the molecule is Cc1cc(N)nc(C)c1CNC(=O)c1cn(Cc2ccccc2)nn1. The van der Waals surface area contributed by atoms with Crippen LogP contribution in [0, 0.1) is 13.8 Å². The van der Waals surface area contributed by atoms with Crippen molar-refractivity contribution in [1.29, 1.82) is 0 Å². The van der Waals surface area contributed by atoms with E-state index in [-0.39, 0.29) is 11.6 Å². The molecule has 0 spiro atoms. The Morgan fingerprint density at radius 2 is 2.00 bits per heavy atom. The number of carbonyl (C=O) groups excluding carboxylic acids is 1. The molecule has 3 aromatic rings. The number of rotatable bonds is 5. The summed E-state index contributed by atoms with van der Waals surface area (Å²) >= 11 is 0. The van der Waals surface area contributed by atoms with Crippen molar-refractivity contribution in [2.75, 3.05) is 5.73 Å². The first-order chi connectivity index (χ1) is 12.0. The van der Waals surface area contributed by atoms with E-state index in [1.165, 1.54) is 0 Å². The predicted octanol–water partition coefficient (Wildman–Crippen LogP) is 1.85. The largest absolute Gasteiger partial charge is 0.384 e. The first-order valence-electron chi connectivity index (χ1n) is 7.98. The second-order valence-electron chi connectivity index (χ2n) is 5.90. The number of anilines is 1. The molecule has 7 heteroatoms. The number of nitrogens with two attached hydrogens (primary N) is 1. The average molecular weight is 336 g/mol. The number of hydrogen-bond donors (Lipinski definition) is 2. The number of pyridine rings is 1. The lowest BCUT2D eigenvalue weighted by atomic mass is 10.1. The van der Waals surface area contributed by atoms with Gasteiger partial charge in [0.05, 0.1) is 12.7 Å². The number of nitrogens with zero attached hydrogens (tertiary/aromatic N) is 4. The van der Waals surface area contributed by atoms with Gasteiger partial charge in [-0.2, -0.15) is 0 Å². The first kappa shape index (κ1) is 16.6. The smallest absolute Gasteiger partial charge is 0.273 e. The van der Waals surface area contributed by atoms with Crippen molar-refractivity contribution in [2.24, 2.45) is 0 Å². The summed E-state index contributed by atoms with van der Waals surface area (Å²) in [5.74, 6) is 0.212. The van der Waals surface area contributed by atoms with Gasteiger partial charge in [-0.15, -0.1) is 5.10 Å². The molecule has 2 heterocycles. The van der Waals surface area contributed by atoms with Crippen LogP contribution >= 0.6 is 0 Å². The summed E-state index contributed by atoms with van der Waals surface area (Å²) in [5.41, 5.74) is 9.87. The molecule has 3 N–H and O–H groups in total. The van der Waals surface area contributed by atoms with Gasteiger partial charge in [-0.05, 0) is 36.6 Å². The van der Waals surface area contributed by atoms with Gasteiger partial charge in [0.15, 0.2) is 5.69 Å². The molecule has 2 aromatic heterocycles. The van der Waals surface area contributed by atoms with Crippen LogP contribution in [0.4, 0.5) is 5.82 Å². The van der Waals surface area contributed by atoms with Gasteiger partial charge in [-0.1, -0.05) is 35.5 Å². The molecule has 0 saturated carbocycles. The second kappa shape index (κ2) is 7.12. The van der Waals surface area contributed by atoms with Crippen molar-refractivity contribution in [1.82, 2.24) is 25.3 Å². The molecule has 3 rings (SSSR count). The third kappa shape index (κ3) is 4.00. The number of carbonyl (C=O) groups is 1. The fourth-order valence-electron chi connectivity index (χ4n) is 2.66. The molecule has 0 aliphatic carbocycles. The van der Waals surface area contributed by atoms with Gasteiger partial charge in [-0.25, -0.2) is 9.67 Å². The third-order valence-electron chi connectivity index (χ3n) is 3.96. The summed E-state index contributed by atoms with van der Waals surface area (Å²) in [5, 5.41) is 10.8. The Bertz CT molecular complexity index is 865. The summed E-state index contributed by atoms with van der Waals surface area (Å²) in [6.07, 6.45) is 1.64. The molecular formula is C18H20N6O. The molecule has 0 aliphatic heterocycles. The van der Waals surface area contributed by atoms with Crippen LogP contribution < -0.4 is 11.1 Å². The van der Waals surface area contributed by atoms with Crippen LogP contribution in [0.25, 0.3) is 0 Å². The Morgan fingerprint density at radius 3 is 2.72 bits per heavy atom. The number of aromatic nitrogens is 4. The maximum Gasteiger partial charge on any atom is 0.273 e. The Balaban J connectivity index is 1.64. The van der Waals surface area contributed by atoms with E-state index < -0.39 is 0 Å². The number of amides is 1. The van der Waals surface area contributed by atoms with E-state index in [0.29, 0.717) is 18.9 Å². The number of nitrogens with one attached hydrogen (secondary N) is 1. The zero-order valence-electron chi connectivity index (χ0n) is 14.2. The average Bonchev–Trinajstić information content (AvgIpc) is 3.03. The van der Waals surface area contributed by atoms with E-state index in [4.69, 9.17) is 5.73 Å². The number of hydrogen-bond acceptors (Lipinski definition) is 5. The molecule has 0 unspecified atom stereocenters. The van der Waals surface area contributed by atoms with Gasteiger partial charge in [0.2, 0.25) is 0 Å². The summed E-state index contributed by atoms with van der Waals surface area (Å²) < 4.78 is 1.64. The molecule has 25 heavy (non-hydrogen) atoms. The van der Waals surface area contributed by atoms with Crippen molar-refractivity contribution < 1.29 is 4.79 Å². The molecular weight excluding hydrogens is 316 g/mol. The van der Waals surface area contributed by atoms with E-state index in [1.54, 1.807) is 16.9 Å². The number of nitrogen functional groups attached to an aromatic ring is 1. The minimum Gasteiger partial charge on any atom is -0.384 e. The maximum absolute atomic E-state index is 12.3. The normalized spacial score (nSPS) is 10.6. The minimum atomic E-state index is -0.269. The van der Waals surface area contributed by atoms with Crippen molar-refractivity contribution in [3.8, 4) is 0 Å². The molecule has 0 radical (unpaired) electrons. The number of aryl methyl sites for hydroxylation is 2. The second-order valence-corrected chi connectivity index (χ2v) is 5.90. The van der Waals surface area contributed by atoms with Crippen LogP contribution in [-0.4, -0.2) is 25.9 Å². The number of benzene rings is 1. The highest BCUT2D eigenvalue weighted by molar-refractivity contribution is 5.91. The van der Waals surface area contributed by atoms with Crippen LogP contribution in [0.15, 0.2) is 42.6 Å². The van der Waals surface area contributed by atoms with Crippen molar-refractivity contribution in [3.05, 3.63) is 70.7 Å². The zero-order chi connectivity index (χ0) is 17.8. The zero-order valence-corrected chi connectivity index (χ0v) is 14.2. The molecule has 0 saturated heterocycles. The van der Waals surface area contributed by atoms with Crippen LogP contribution in [0.3, 0.4) is 0 Å². The van der Waals surface area contributed by atoms with Gasteiger partial charge < -0.3 is 11.1 Å². The highest BCUT2D eigenvalue weighted by Gasteiger charge is 2.13. The third-order valence-corrected chi connectivity index (χ3v) is 3.96. The molecule has 0 bridgehead atoms. The standard InChI is InChI=1S/C18H20N6O/c1-12-8-17(19)21-13(2)15(12)9-20-18(25)16-11-24(23-22-16)10-14-6-4-3-5-7-14/h3-8,11H,9-10H2,1-2H3,(H2,19,21)(H,20,25). The molecule has 0 aliphatic rings. The van der Waals surface area contributed by atoms with Crippen LogP contribution in [-0.2, 0) is 13.1 Å². The Hall–Kier alpha value is -3.22. The molecule has 128 valence electrons. The molecule has 1 aromatic carbocycles. The van der Waals surface area contributed by atoms with E-state index in [1.807, 2.05) is 44.2 Å². The van der Waals surface area contributed by atoms with Crippen LogP contribution in [0.1, 0.15) is 32.9 Å². The minimum absolute atomic E-state index is 0.269. The van der Waals surface area contributed by atoms with Crippen molar-refractivity contribution in [2.45, 2.75) is 26.9 Å². The van der Waals surface area contributed by atoms with Gasteiger partial charge in [0.1, 0.15) is 5.82 Å². The monoisotopic (exact) mass is 336 g/mol. The van der Waals surface area contributed by atoms with Gasteiger partial charge in [-0.3, -0.25) is 4.79 Å². The van der Waals surface area contributed by atoms with Gasteiger partial charge in [0.25, 0.3) is 5.91 Å². The lowest BCUT2D eigenvalue weighted by Gasteiger charge is -2.10. The molecule has 0 atom stereocenters. The predicted molar refractivity (Wildman–Crippen MR) is 94.9 cm³/mol. The molecule has 1 amide bonds. The lowest BCUT2D eigenvalue weighted by molar-refractivity contribution is 0.0945. The van der Waals surface area contributed by atoms with Crippen molar-refractivity contribution >= 4 is 11.7 Å². The Morgan fingerprint density at radius 1 is 1.24 bits per heavy atom. The van der Waals surface area contributed by atoms with E-state index in [2.05, 4.69) is 20.6 Å². The van der Waals surface area contributed by atoms with Gasteiger partial charge >= 0.3 is 0 Å². The summed E-state index contributed by atoms with van der Waals surface area (Å²) in [6.45, 7) is 4.76. The van der Waals surface area contributed by atoms with E-state index in [0.717, 1.165) is 22.4 Å². The molecule has 0 fully saturated rings. The topological polar surface area (TPSA) is 98.7 Å². The lowest BCUT2D eigenvalue weighted by Crippen LogP contribution is -2.24. The van der Waals surface area contributed by atoms with Crippen molar-refractivity contribution in [3.63, 3.8) is 0 Å². The summed E-state index contributed by atoms with van der Waals surface area (Å²) in [6, 6.07) is 11.7. The molecule has 7 nitrogen and oxygen atoms in total. The highest BCUT2D eigenvalue weighted by Crippen LogP contribution is 2.14. The Kier molecular flexibility index (Phi) is 4.74. The van der Waals surface area contributed by atoms with E-state index >= 15 is 0 Å². The maximum atomic E-state index is 12.3. The fraction of sp³-hybridized carbons (Fsp3) is 0.222. The van der Waals surface area contributed by atoms with E-state index in [9.17, 15) is 4.79 Å². The first-order valence-corrected chi connectivity index (χ1v) is 7.98. The quantitative estimate of drug-likeness (QED) is 0.741. The summed E-state index contributed by atoms with van der Waals surface area (Å²) in [4.78, 5) is 16.5. The van der Waals surface area contributed by atoms with Crippen LogP contribution in [0.5, 0.6) is 0 Å².